The van der Waals surface area contributed by atoms with Crippen LogP contribution < -0.4 is 5.32 Å². The molecule has 0 unspecified atom stereocenters. The second-order valence-corrected chi connectivity index (χ2v) is 3.84. The first-order valence-corrected chi connectivity index (χ1v) is 5.46. The molecule has 96 valence electrons. The first kappa shape index (κ1) is 12.6. The number of rotatable bonds is 5. The van der Waals surface area contributed by atoms with Crippen molar-refractivity contribution in [3.8, 4) is 0 Å². The van der Waals surface area contributed by atoms with Gasteiger partial charge < -0.3 is 9.88 Å². The molecule has 3 nitrogen and oxygen atoms in total. The highest BCUT2D eigenvalue weighted by Gasteiger charge is 2.08. The second kappa shape index (κ2) is 5.68. The Morgan fingerprint density at radius 2 is 1.89 bits per heavy atom. The number of imidazole rings is 1. The minimum absolute atomic E-state index is 0.111. The lowest BCUT2D eigenvalue weighted by molar-refractivity contribution is 0.485. The Morgan fingerprint density at radius 1 is 1.11 bits per heavy atom. The van der Waals surface area contributed by atoms with Crippen molar-refractivity contribution in [2.75, 3.05) is 6.54 Å². The number of nitrogens with one attached hydrogen (secondary N) is 1. The van der Waals surface area contributed by atoms with Crippen LogP contribution in [-0.4, -0.2) is 16.1 Å². The Kier molecular flexibility index (Phi) is 3.99. The summed E-state index contributed by atoms with van der Waals surface area (Å²) in [4.78, 5) is 3.88. The normalized spacial score (nSPS) is 10.8. The van der Waals surface area contributed by atoms with Gasteiger partial charge in [0.25, 0.3) is 0 Å². The van der Waals surface area contributed by atoms with Crippen molar-refractivity contribution in [3.63, 3.8) is 0 Å². The summed E-state index contributed by atoms with van der Waals surface area (Å²) in [5.74, 6) is -2.96. The van der Waals surface area contributed by atoms with Gasteiger partial charge in [-0.3, -0.25) is 0 Å². The van der Waals surface area contributed by atoms with Crippen molar-refractivity contribution in [1.29, 1.82) is 0 Å². The van der Waals surface area contributed by atoms with Gasteiger partial charge in [-0.15, -0.1) is 0 Å². The van der Waals surface area contributed by atoms with Gasteiger partial charge in [-0.1, -0.05) is 0 Å². The van der Waals surface area contributed by atoms with Crippen molar-refractivity contribution in [2.45, 2.75) is 13.1 Å². The summed E-state index contributed by atoms with van der Waals surface area (Å²) in [5.41, 5.74) is 0.111. The van der Waals surface area contributed by atoms with Crippen molar-refractivity contribution < 1.29 is 13.2 Å². The van der Waals surface area contributed by atoms with E-state index >= 15 is 0 Å². The number of halogens is 3. The Balaban J connectivity index is 1.85. The van der Waals surface area contributed by atoms with Crippen molar-refractivity contribution in [2.24, 2.45) is 0 Å². The topological polar surface area (TPSA) is 29.9 Å². The highest BCUT2D eigenvalue weighted by atomic mass is 19.2. The zero-order chi connectivity index (χ0) is 13.0. The van der Waals surface area contributed by atoms with E-state index in [4.69, 9.17) is 0 Å². The van der Waals surface area contributed by atoms with Crippen molar-refractivity contribution in [3.05, 3.63) is 53.9 Å². The maximum Gasteiger partial charge on any atom is 0.161 e. The smallest absolute Gasteiger partial charge is 0.161 e. The first-order valence-electron chi connectivity index (χ1n) is 5.46. The zero-order valence-corrected chi connectivity index (χ0v) is 9.54. The van der Waals surface area contributed by atoms with Gasteiger partial charge in [-0.25, -0.2) is 18.2 Å². The van der Waals surface area contributed by atoms with Gasteiger partial charge in [-0.05, 0) is 6.07 Å². The van der Waals surface area contributed by atoms with Crippen LogP contribution in [0, 0.1) is 17.5 Å². The highest BCUT2D eigenvalue weighted by molar-refractivity contribution is 5.19. The van der Waals surface area contributed by atoms with E-state index in [1.165, 1.54) is 0 Å². The van der Waals surface area contributed by atoms with E-state index in [-0.39, 0.29) is 12.1 Å². The third-order valence-electron chi connectivity index (χ3n) is 2.51. The minimum atomic E-state index is -1.17. The summed E-state index contributed by atoms with van der Waals surface area (Å²) in [6.07, 6.45) is 5.13. The molecule has 0 radical (unpaired) electrons. The maximum absolute atomic E-state index is 13.3. The number of hydrogen-bond acceptors (Lipinski definition) is 2. The fourth-order valence-corrected chi connectivity index (χ4v) is 1.55. The summed E-state index contributed by atoms with van der Waals surface area (Å²) in [7, 11) is 0. The van der Waals surface area contributed by atoms with Gasteiger partial charge in [0.2, 0.25) is 0 Å². The van der Waals surface area contributed by atoms with E-state index in [0.717, 1.165) is 6.07 Å². The molecule has 2 rings (SSSR count). The maximum atomic E-state index is 13.3. The summed E-state index contributed by atoms with van der Waals surface area (Å²) in [6.45, 7) is 1.40. The van der Waals surface area contributed by atoms with Crippen LogP contribution in [0.3, 0.4) is 0 Å². The number of benzene rings is 1. The molecule has 0 spiro atoms. The molecule has 6 heteroatoms. The molecule has 0 bridgehead atoms. The molecule has 0 aliphatic rings. The quantitative estimate of drug-likeness (QED) is 0.655. The van der Waals surface area contributed by atoms with Gasteiger partial charge in [0.15, 0.2) is 11.6 Å². The molecule has 1 aromatic heterocycles. The van der Waals surface area contributed by atoms with E-state index in [1.54, 1.807) is 18.7 Å². The highest BCUT2D eigenvalue weighted by Crippen LogP contribution is 2.13. The largest absolute Gasteiger partial charge is 0.336 e. The fourth-order valence-electron chi connectivity index (χ4n) is 1.55. The van der Waals surface area contributed by atoms with E-state index in [0.29, 0.717) is 19.2 Å². The molecule has 1 aromatic carbocycles. The van der Waals surface area contributed by atoms with E-state index in [1.807, 2.05) is 4.57 Å². The Bertz CT molecular complexity index is 512. The molecule has 0 aliphatic heterocycles. The first-order chi connectivity index (χ1) is 8.66. The van der Waals surface area contributed by atoms with Crippen LogP contribution in [0.2, 0.25) is 0 Å². The lowest BCUT2D eigenvalue weighted by Crippen LogP contribution is -2.19. The van der Waals surface area contributed by atoms with Crippen LogP contribution in [0.1, 0.15) is 5.56 Å². The van der Waals surface area contributed by atoms with Gasteiger partial charge in [0.05, 0.1) is 6.33 Å². The fraction of sp³-hybridized carbons (Fsp3) is 0.250. The lowest BCUT2D eigenvalue weighted by Gasteiger charge is -2.07. The van der Waals surface area contributed by atoms with Crippen LogP contribution >= 0.6 is 0 Å². The molecule has 0 saturated heterocycles. The zero-order valence-electron chi connectivity index (χ0n) is 9.54. The molecule has 0 saturated carbocycles. The molecule has 2 aromatic rings. The minimum Gasteiger partial charge on any atom is -0.336 e. The van der Waals surface area contributed by atoms with Crippen LogP contribution in [0.5, 0.6) is 0 Å². The molecule has 18 heavy (non-hydrogen) atoms. The molecular weight excluding hydrogens is 243 g/mol. The van der Waals surface area contributed by atoms with Gasteiger partial charge >= 0.3 is 0 Å². The van der Waals surface area contributed by atoms with E-state index in [9.17, 15) is 13.2 Å². The van der Waals surface area contributed by atoms with E-state index in [2.05, 4.69) is 10.3 Å². The van der Waals surface area contributed by atoms with E-state index < -0.39 is 17.5 Å². The second-order valence-electron chi connectivity index (χ2n) is 3.84. The Hall–Kier alpha value is -1.82. The summed E-state index contributed by atoms with van der Waals surface area (Å²) < 4.78 is 40.7. The molecule has 1 heterocycles. The molecule has 1 N–H and O–H groups in total. The SMILES string of the molecule is Fc1cc(F)c(CNCCn2ccnc2)cc1F. The average Bonchev–Trinajstić information content (AvgIpc) is 2.84. The summed E-state index contributed by atoms with van der Waals surface area (Å²) in [5, 5.41) is 2.95. The lowest BCUT2D eigenvalue weighted by atomic mass is 10.2. The van der Waals surface area contributed by atoms with Crippen molar-refractivity contribution >= 4 is 0 Å². The predicted octanol–water partition coefficient (Wildman–Crippen LogP) is 2.09. The number of nitrogens with zero attached hydrogens (tertiary/aromatic N) is 2. The van der Waals surface area contributed by atoms with Gasteiger partial charge in [0, 0.05) is 43.7 Å². The number of hydrogen-bond donors (Lipinski definition) is 1. The average molecular weight is 255 g/mol. The van der Waals surface area contributed by atoms with Crippen LogP contribution in [-0.2, 0) is 13.1 Å². The third-order valence-corrected chi connectivity index (χ3v) is 2.51. The molecule has 0 aliphatic carbocycles. The molecule has 0 fully saturated rings. The summed E-state index contributed by atoms with van der Waals surface area (Å²) in [6, 6.07) is 1.43. The van der Waals surface area contributed by atoms with Crippen molar-refractivity contribution in [1.82, 2.24) is 14.9 Å². The number of aromatic nitrogens is 2. The Morgan fingerprint density at radius 3 is 2.61 bits per heavy atom. The van der Waals surface area contributed by atoms with Gasteiger partial charge in [-0.2, -0.15) is 0 Å². The molecule has 0 amide bonds. The monoisotopic (exact) mass is 255 g/mol. The standard InChI is InChI=1S/C12H12F3N3/c13-10-6-12(15)11(14)5-9(10)7-16-1-3-18-4-2-17-8-18/h2,4-6,8,16H,1,3,7H2. The van der Waals surface area contributed by atoms with Crippen LogP contribution in [0.4, 0.5) is 13.2 Å². The molecule has 0 atom stereocenters. The summed E-state index contributed by atoms with van der Waals surface area (Å²) >= 11 is 0. The van der Waals surface area contributed by atoms with Crippen LogP contribution in [0.15, 0.2) is 30.9 Å². The predicted molar refractivity (Wildman–Crippen MR) is 60.2 cm³/mol. The van der Waals surface area contributed by atoms with Crippen LogP contribution in [0.25, 0.3) is 0 Å². The Labute approximate surface area is 102 Å². The molecular formula is C12H12F3N3. The van der Waals surface area contributed by atoms with Gasteiger partial charge in [0.1, 0.15) is 5.82 Å². The third kappa shape index (κ3) is 3.10.